The lowest BCUT2D eigenvalue weighted by atomic mass is 9.98. The topological polar surface area (TPSA) is 79.8 Å². The van der Waals surface area contributed by atoms with Crippen LogP contribution >= 0.6 is 0 Å². The highest BCUT2D eigenvalue weighted by atomic mass is 16.4. The van der Waals surface area contributed by atoms with Crippen LogP contribution in [0.25, 0.3) is 21.9 Å². The standard InChI is InChI=1S/C26H27N3O4/c1-15-13-20-24(25-23(15)16(2)18(4)32-25)17(3)19(26(31)33-20)14-22(30)29-11-9-28(10-12-29)21-7-5-6-8-27-21/h5-8,13H,9-12,14H2,1-4H3. The molecular formula is C26H27N3O4. The Balaban J connectivity index is 1.44. The summed E-state index contributed by atoms with van der Waals surface area (Å²) < 4.78 is 11.7. The van der Waals surface area contributed by atoms with Crippen LogP contribution in [0.5, 0.6) is 0 Å². The van der Waals surface area contributed by atoms with Crippen LogP contribution in [-0.2, 0) is 11.2 Å². The van der Waals surface area contributed by atoms with Gasteiger partial charge in [0.1, 0.15) is 22.7 Å². The van der Waals surface area contributed by atoms with Gasteiger partial charge in [-0.1, -0.05) is 6.07 Å². The van der Waals surface area contributed by atoms with Crippen molar-refractivity contribution in [2.75, 3.05) is 31.1 Å². The summed E-state index contributed by atoms with van der Waals surface area (Å²) in [5.74, 6) is 1.69. The van der Waals surface area contributed by atoms with E-state index in [-0.39, 0.29) is 12.3 Å². The molecule has 33 heavy (non-hydrogen) atoms. The number of hydrogen-bond donors (Lipinski definition) is 0. The van der Waals surface area contributed by atoms with E-state index in [0.717, 1.165) is 44.6 Å². The fraction of sp³-hybridized carbons (Fsp3) is 0.346. The number of carbonyl (C=O) groups excluding carboxylic acids is 1. The van der Waals surface area contributed by atoms with E-state index in [2.05, 4.69) is 9.88 Å². The molecule has 1 fully saturated rings. The minimum atomic E-state index is -0.459. The highest BCUT2D eigenvalue weighted by Crippen LogP contribution is 2.36. The number of aryl methyl sites for hydroxylation is 4. The highest BCUT2D eigenvalue weighted by molar-refractivity contribution is 6.07. The van der Waals surface area contributed by atoms with Gasteiger partial charge in [-0.25, -0.2) is 9.78 Å². The van der Waals surface area contributed by atoms with Crippen molar-refractivity contribution >= 4 is 33.7 Å². The minimum absolute atomic E-state index is 0.0156. The molecule has 0 saturated carbocycles. The van der Waals surface area contributed by atoms with Gasteiger partial charge in [0.15, 0.2) is 0 Å². The molecule has 1 aliphatic rings. The second-order valence-electron chi connectivity index (χ2n) is 8.78. The number of rotatable bonds is 3. The highest BCUT2D eigenvalue weighted by Gasteiger charge is 2.25. The number of piperazine rings is 1. The van der Waals surface area contributed by atoms with Crippen molar-refractivity contribution in [3.05, 3.63) is 68.9 Å². The van der Waals surface area contributed by atoms with Crippen LogP contribution < -0.4 is 10.5 Å². The molecule has 7 nitrogen and oxygen atoms in total. The molecule has 0 N–H and O–H groups in total. The van der Waals surface area contributed by atoms with Gasteiger partial charge in [0, 0.05) is 37.8 Å². The van der Waals surface area contributed by atoms with Gasteiger partial charge < -0.3 is 18.6 Å². The zero-order valence-corrected chi connectivity index (χ0v) is 19.4. The molecule has 0 aliphatic carbocycles. The summed E-state index contributed by atoms with van der Waals surface area (Å²) in [4.78, 5) is 34.3. The van der Waals surface area contributed by atoms with Gasteiger partial charge in [0.25, 0.3) is 0 Å². The smallest absolute Gasteiger partial charge is 0.340 e. The van der Waals surface area contributed by atoms with Gasteiger partial charge in [-0.2, -0.15) is 0 Å². The van der Waals surface area contributed by atoms with E-state index in [1.54, 1.807) is 6.20 Å². The van der Waals surface area contributed by atoms with E-state index in [1.165, 1.54) is 0 Å². The molecule has 1 aromatic carbocycles. The lowest BCUT2D eigenvalue weighted by molar-refractivity contribution is -0.130. The largest absolute Gasteiger partial charge is 0.460 e. The van der Waals surface area contributed by atoms with Crippen molar-refractivity contribution in [3.63, 3.8) is 0 Å². The summed E-state index contributed by atoms with van der Waals surface area (Å²) in [5, 5.41) is 1.81. The Bertz CT molecular complexity index is 1430. The number of furan rings is 1. The van der Waals surface area contributed by atoms with Crippen molar-refractivity contribution in [1.82, 2.24) is 9.88 Å². The molecule has 0 atom stereocenters. The quantitative estimate of drug-likeness (QED) is 0.443. The van der Waals surface area contributed by atoms with Crippen molar-refractivity contribution < 1.29 is 13.6 Å². The van der Waals surface area contributed by atoms with Gasteiger partial charge in [0.05, 0.1) is 17.4 Å². The number of amides is 1. The number of nitrogens with zero attached hydrogens (tertiary/aromatic N) is 3. The molecule has 5 rings (SSSR count). The van der Waals surface area contributed by atoms with Crippen LogP contribution in [0.3, 0.4) is 0 Å². The first-order chi connectivity index (χ1) is 15.8. The normalized spacial score (nSPS) is 14.4. The van der Waals surface area contributed by atoms with E-state index in [1.807, 2.05) is 56.9 Å². The Morgan fingerprint density at radius 2 is 1.76 bits per heavy atom. The van der Waals surface area contributed by atoms with Crippen LogP contribution in [0.2, 0.25) is 0 Å². The Kier molecular flexibility index (Phi) is 5.19. The summed E-state index contributed by atoms with van der Waals surface area (Å²) >= 11 is 0. The van der Waals surface area contributed by atoms with Gasteiger partial charge in [-0.3, -0.25) is 4.79 Å². The average Bonchev–Trinajstić information content (AvgIpc) is 3.11. The summed E-state index contributed by atoms with van der Waals surface area (Å²) in [5.41, 5.74) is 3.99. The number of aromatic nitrogens is 1. The van der Waals surface area contributed by atoms with E-state index in [0.29, 0.717) is 37.3 Å². The number of benzene rings is 1. The molecule has 170 valence electrons. The number of carbonyl (C=O) groups is 1. The third-order valence-corrected chi connectivity index (χ3v) is 6.81. The summed E-state index contributed by atoms with van der Waals surface area (Å²) in [6.45, 7) is 10.4. The van der Waals surface area contributed by atoms with Gasteiger partial charge in [0.2, 0.25) is 5.91 Å². The van der Waals surface area contributed by atoms with Crippen molar-refractivity contribution in [3.8, 4) is 0 Å². The number of anilines is 1. The first-order valence-electron chi connectivity index (χ1n) is 11.2. The first-order valence-corrected chi connectivity index (χ1v) is 11.2. The van der Waals surface area contributed by atoms with Gasteiger partial charge in [-0.15, -0.1) is 0 Å². The van der Waals surface area contributed by atoms with Crippen molar-refractivity contribution in [2.45, 2.75) is 34.1 Å². The number of pyridine rings is 1. The Hall–Kier alpha value is -3.61. The molecule has 0 unspecified atom stereocenters. The lowest BCUT2D eigenvalue weighted by Crippen LogP contribution is -2.49. The summed E-state index contributed by atoms with van der Waals surface area (Å²) in [6.07, 6.45) is 1.79. The molecule has 4 heterocycles. The van der Waals surface area contributed by atoms with E-state index < -0.39 is 5.63 Å². The lowest BCUT2D eigenvalue weighted by Gasteiger charge is -2.35. The molecule has 0 radical (unpaired) electrons. The summed E-state index contributed by atoms with van der Waals surface area (Å²) in [6, 6.07) is 7.71. The van der Waals surface area contributed by atoms with Crippen LogP contribution in [0.4, 0.5) is 5.82 Å². The monoisotopic (exact) mass is 445 g/mol. The van der Waals surface area contributed by atoms with Crippen LogP contribution in [-0.4, -0.2) is 42.0 Å². The SMILES string of the molecule is Cc1oc2c(c(C)cc3oc(=O)c(CC(=O)N4CCN(c5ccccn5)CC4)c(C)c32)c1C. The number of fused-ring (bicyclic) bond motifs is 3. The molecule has 0 spiro atoms. The molecular weight excluding hydrogens is 418 g/mol. The minimum Gasteiger partial charge on any atom is -0.460 e. The van der Waals surface area contributed by atoms with Crippen LogP contribution in [0, 0.1) is 27.7 Å². The Morgan fingerprint density at radius 1 is 1.00 bits per heavy atom. The molecule has 1 amide bonds. The Labute approximate surface area is 191 Å². The molecule has 7 heteroatoms. The fourth-order valence-corrected chi connectivity index (χ4v) is 4.83. The maximum Gasteiger partial charge on any atom is 0.340 e. The van der Waals surface area contributed by atoms with Crippen molar-refractivity contribution in [2.24, 2.45) is 0 Å². The van der Waals surface area contributed by atoms with E-state index >= 15 is 0 Å². The van der Waals surface area contributed by atoms with Crippen molar-refractivity contribution in [1.29, 1.82) is 0 Å². The fourth-order valence-electron chi connectivity index (χ4n) is 4.83. The van der Waals surface area contributed by atoms with E-state index in [9.17, 15) is 9.59 Å². The third-order valence-electron chi connectivity index (χ3n) is 6.81. The molecule has 1 saturated heterocycles. The van der Waals surface area contributed by atoms with Crippen LogP contribution in [0.15, 0.2) is 44.1 Å². The zero-order valence-electron chi connectivity index (χ0n) is 19.4. The molecule has 4 aromatic rings. The maximum absolute atomic E-state index is 13.1. The second kappa shape index (κ2) is 8.06. The van der Waals surface area contributed by atoms with Crippen LogP contribution in [0.1, 0.15) is 28.0 Å². The maximum atomic E-state index is 13.1. The average molecular weight is 446 g/mol. The number of hydrogen-bond acceptors (Lipinski definition) is 6. The van der Waals surface area contributed by atoms with Gasteiger partial charge in [-0.05, 0) is 62.6 Å². The molecule has 1 aliphatic heterocycles. The predicted octanol–water partition coefficient (Wildman–Crippen LogP) is 4.06. The first kappa shape index (κ1) is 21.2. The predicted molar refractivity (Wildman–Crippen MR) is 128 cm³/mol. The molecule has 0 bridgehead atoms. The van der Waals surface area contributed by atoms with Gasteiger partial charge >= 0.3 is 5.63 Å². The second-order valence-corrected chi connectivity index (χ2v) is 8.78. The Morgan fingerprint density at radius 3 is 2.45 bits per heavy atom. The summed E-state index contributed by atoms with van der Waals surface area (Å²) in [7, 11) is 0. The third kappa shape index (κ3) is 3.57. The van der Waals surface area contributed by atoms with E-state index in [4.69, 9.17) is 8.83 Å². The zero-order chi connectivity index (χ0) is 23.3. The molecule has 3 aromatic heterocycles.